The average Bonchev–Trinajstić information content (AvgIpc) is 2.56. The molecule has 9 heteroatoms. The second-order valence-electron chi connectivity index (χ2n) is 4.99. The zero-order valence-corrected chi connectivity index (χ0v) is 14.7. The van der Waals surface area contributed by atoms with Crippen molar-refractivity contribution in [1.29, 1.82) is 0 Å². The molecule has 0 saturated heterocycles. The highest BCUT2D eigenvalue weighted by atomic mass is 35.5. The number of alkyl halides is 2. The van der Waals surface area contributed by atoms with E-state index in [4.69, 9.17) is 0 Å². The third-order valence-corrected chi connectivity index (χ3v) is 3.18. The van der Waals surface area contributed by atoms with Gasteiger partial charge in [-0.25, -0.2) is 9.59 Å². The van der Waals surface area contributed by atoms with Gasteiger partial charge >= 0.3 is 18.6 Å². The molecule has 0 aliphatic carbocycles. The van der Waals surface area contributed by atoms with E-state index < -0.39 is 18.6 Å². The van der Waals surface area contributed by atoms with E-state index in [-0.39, 0.29) is 35.1 Å². The number of esters is 1. The van der Waals surface area contributed by atoms with Crippen molar-refractivity contribution in [3.05, 3.63) is 53.6 Å². The van der Waals surface area contributed by atoms with Crippen molar-refractivity contribution >= 4 is 35.8 Å². The first-order chi connectivity index (χ1) is 11.9. The number of benzene rings is 2. The van der Waals surface area contributed by atoms with Crippen LogP contribution in [0, 0.1) is 6.92 Å². The molecule has 2 aromatic rings. The lowest BCUT2D eigenvalue weighted by Gasteiger charge is -2.14. The Hall–Kier alpha value is -2.87. The molecule has 0 fully saturated rings. The summed E-state index contributed by atoms with van der Waals surface area (Å²) in [5, 5.41) is 4.89. The van der Waals surface area contributed by atoms with Crippen LogP contribution < -0.4 is 15.4 Å². The van der Waals surface area contributed by atoms with Crippen molar-refractivity contribution in [2.45, 2.75) is 13.5 Å². The van der Waals surface area contributed by atoms with Gasteiger partial charge in [0, 0.05) is 0 Å². The summed E-state index contributed by atoms with van der Waals surface area (Å²) in [6.45, 7) is -1.32. The number of carbonyl (C=O) groups excluding carboxylic acids is 2. The smallest absolute Gasteiger partial charge is 0.387 e. The van der Waals surface area contributed by atoms with E-state index >= 15 is 0 Å². The van der Waals surface area contributed by atoms with Crippen molar-refractivity contribution in [2.75, 3.05) is 17.7 Å². The van der Waals surface area contributed by atoms with Gasteiger partial charge in [0.1, 0.15) is 5.75 Å². The summed E-state index contributed by atoms with van der Waals surface area (Å²) in [5.41, 5.74) is 1.14. The van der Waals surface area contributed by atoms with Gasteiger partial charge in [-0.15, -0.1) is 12.4 Å². The molecule has 0 atom stereocenters. The zero-order chi connectivity index (χ0) is 18.4. The highest BCUT2D eigenvalue weighted by Crippen LogP contribution is 2.27. The minimum absolute atomic E-state index is 0. The molecule has 0 radical (unpaired) electrons. The molecule has 0 aliphatic heterocycles. The van der Waals surface area contributed by atoms with Crippen molar-refractivity contribution < 1.29 is 27.8 Å². The van der Waals surface area contributed by atoms with E-state index in [1.165, 1.54) is 31.4 Å². The zero-order valence-electron chi connectivity index (χ0n) is 13.9. The molecule has 0 heterocycles. The Morgan fingerprint density at radius 3 is 2.35 bits per heavy atom. The Balaban J connectivity index is 0.00000338. The second kappa shape index (κ2) is 9.57. The number of rotatable bonds is 5. The van der Waals surface area contributed by atoms with Crippen LogP contribution in [-0.4, -0.2) is 25.7 Å². The van der Waals surface area contributed by atoms with E-state index in [1.807, 2.05) is 0 Å². The molecule has 0 aromatic heterocycles. The standard InChI is InChI=1S/C17H16F2N2O4.ClH/c1-10-7-8-13(14(9-10)25-16(18)19)21-17(23)20-12-6-4-3-5-11(12)15(22)24-2;/h3-9,16H,1-2H3,(H2,20,21,23);1H. The van der Waals surface area contributed by atoms with Crippen LogP contribution in [0.4, 0.5) is 25.0 Å². The normalized spacial score (nSPS) is 9.88. The topological polar surface area (TPSA) is 76.7 Å². The quantitative estimate of drug-likeness (QED) is 0.744. The Morgan fingerprint density at radius 1 is 1.04 bits per heavy atom. The minimum Gasteiger partial charge on any atom is -0.465 e. The number of amides is 2. The molecule has 0 unspecified atom stereocenters. The molecule has 2 rings (SSSR count). The third-order valence-electron chi connectivity index (χ3n) is 3.18. The maximum absolute atomic E-state index is 12.5. The molecule has 26 heavy (non-hydrogen) atoms. The highest BCUT2D eigenvalue weighted by molar-refractivity contribution is 6.05. The lowest BCUT2D eigenvalue weighted by atomic mass is 10.2. The van der Waals surface area contributed by atoms with Gasteiger partial charge in [0.05, 0.1) is 24.0 Å². The summed E-state index contributed by atoms with van der Waals surface area (Å²) in [6, 6.07) is 9.97. The van der Waals surface area contributed by atoms with Gasteiger partial charge in [-0.2, -0.15) is 8.78 Å². The molecule has 2 amide bonds. The molecular weight excluding hydrogens is 370 g/mol. The SMILES string of the molecule is COC(=O)c1ccccc1NC(=O)Nc1ccc(C)cc1OC(F)F.Cl. The number of ether oxygens (including phenoxy) is 2. The molecule has 0 bridgehead atoms. The van der Waals surface area contributed by atoms with Crippen LogP contribution in [0.15, 0.2) is 42.5 Å². The van der Waals surface area contributed by atoms with Gasteiger partial charge in [0.2, 0.25) is 0 Å². The fraction of sp³-hybridized carbons (Fsp3) is 0.176. The Morgan fingerprint density at radius 2 is 1.69 bits per heavy atom. The molecule has 0 saturated carbocycles. The summed E-state index contributed by atoms with van der Waals surface area (Å²) < 4.78 is 34.0. The van der Waals surface area contributed by atoms with Crippen LogP contribution in [-0.2, 0) is 4.74 Å². The van der Waals surface area contributed by atoms with Crippen molar-refractivity contribution in [2.24, 2.45) is 0 Å². The van der Waals surface area contributed by atoms with Gasteiger partial charge in [0.25, 0.3) is 0 Å². The van der Waals surface area contributed by atoms with E-state index in [2.05, 4.69) is 20.1 Å². The molecule has 0 aliphatic rings. The van der Waals surface area contributed by atoms with Crippen LogP contribution in [0.25, 0.3) is 0 Å². The van der Waals surface area contributed by atoms with E-state index in [9.17, 15) is 18.4 Å². The van der Waals surface area contributed by atoms with Gasteiger partial charge in [0.15, 0.2) is 0 Å². The summed E-state index contributed by atoms with van der Waals surface area (Å²) >= 11 is 0. The third kappa shape index (κ3) is 5.59. The summed E-state index contributed by atoms with van der Waals surface area (Å²) in [6.07, 6.45) is 0. The fourth-order valence-corrected chi connectivity index (χ4v) is 2.08. The molecule has 2 aromatic carbocycles. The number of para-hydroxylation sites is 1. The number of halogens is 3. The molecule has 2 N–H and O–H groups in total. The Labute approximate surface area is 154 Å². The number of hydrogen-bond donors (Lipinski definition) is 2. The predicted molar refractivity (Wildman–Crippen MR) is 95.5 cm³/mol. The van der Waals surface area contributed by atoms with Gasteiger partial charge < -0.3 is 20.1 Å². The maximum atomic E-state index is 12.5. The van der Waals surface area contributed by atoms with E-state index in [0.29, 0.717) is 5.56 Å². The number of urea groups is 1. The predicted octanol–water partition coefficient (Wildman–Crippen LogP) is 4.45. The fourth-order valence-electron chi connectivity index (χ4n) is 2.08. The highest BCUT2D eigenvalue weighted by Gasteiger charge is 2.15. The molecular formula is C17H17ClF2N2O4. The molecule has 0 spiro atoms. The number of methoxy groups -OCH3 is 1. The van der Waals surface area contributed by atoms with Gasteiger partial charge in [-0.05, 0) is 36.8 Å². The van der Waals surface area contributed by atoms with Crippen molar-refractivity contribution in [3.8, 4) is 5.75 Å². The number of carbonyl (C=O) groups is 2. The van der Waals surface area contributed by atoms with Crippen LogP contribution >= 0.6 is 12.4 Å². The Kier molecular flexibility index (Phi) is 7.79. The first-order valence-corrected chi connectivity index (χ1v) is 7.21. The van der Waals surface area contributed by atoms with Crippen molar-refractivity contribution in [3.63, 3.8) is 0 Å². The molecule has 140 valence electrons. The van der Waals surface area contributed by atoms with E-state index in [0.717, 1.165) is 0 Å². The number of hydrogen-bond acceptors (Lipinski definition) is 4. The van der Waals surface area contributed by atoms with Crippen LogP contribution in [0.2, 0.25) is 0 Å². The van der Waals surface area contributed by atoms with Crippen LogP contribution in [0.3, 0.4) is 0 Å². The molecule has 6 nitrogen and oxygen atoms in total. The average molecular weight is 387 g/mol. The second-order valence-corrected chi connectivity index (χ2v) is 4.99. The lowest BCUT2D eigenvalue weighted by Crippen LogP contribution is -2.22. The summed E-state index contributed by atoms with van der Waals surface area (Å²) in [4.78, 5) is 23.8. The maximum Gasteiger partial charge on any atom is 0.387 e. The lowest BCUT2D eigenvalue weighted by molar-refractivity contribution is -0.0493. The van der Waals surface area contributed by atoms with Gasteiger partial charge in [-0.1, -0.05) is 18.2 Å². The Bertz CT molecular complexity index is 787. The van der Waals surface area contributed by atoms with Crippen LogP contribution in [0.5, 0.6) is 5.75 Å². The first-order valence-electron chi connectivity index (χ1n) is 7.21. The summed E-state index contributed by atoms with van der Waals surface area (Å²) in [5.74, 6) is -0.778. The van der Waals surface area contributed by atoms with Crippen molar-refractivity contribution in [1.82, 2.24) is 0 Å². The largest absolute Gasteiger partial charge is 0.465 e. The monoisotopic (exact) mass is 386 g/mol. The van der Waals surface area contributed by atoms with Gasteiger partial charge in [-0.3, -0.25) is 0 Å². The van der Waals surface area contributed by atoms with E-state index in [1.54, 1.807) is 25.1 Å². The number of aryl methyl sites for hydroxylation is 1. The number of anilines is 2. The summed E-state index contributed by atoms with van der Waals surface area (Å²) in [7, 11) is 1.22. The minimum atomic E-state index is -3.02. The van der Waals surface area contributed by atoms with Crippen LogP contribution in [0.1, 0.15) is 15.9 Å². The first kappa shape index (κ1) is 21.2. The number of nitrogens with one attached hydrogen (secondary N) is 2.